The Hall–Kier alpha value is -2.12. The maximum absolute atomic E-state index is 5.92. The number of aliphatic imine (C=N–C) groups is 1. The Morgan fingerprint density at radius 1 is 1.17 bits per heavy atom. The van der Waals surface area contributed by atoms with Crippen molar-refractivity contribution in [2.45, 2.75) is 53.1 Å². The second kappa shape index (κ2) is 11.2. The number of nitrogens with zero attached hydrogens (tertiary/aromatic N) is 2. The standard InChI is InChI=1S/C22H34N4O2S/c1-7-27-10-11-28-19-12-16(2)8-9-17(19)13-24-21(23-6)25-14-18-15-29-20(26-18)22(3,4)5/h8-9,12,15H,7,10-11,13-14H2,1-6H3,(H2,23,24,25). The fraction of sp³-hybridized carbons (Fsp3) is 0.545. The van der Waals surface area contributed by atoms with Crippen molar-refractivity contribution in [2.24, 2.45) is 4.99 Å². The van der Waals surface area contributed by atoms with Gasteiger partial charge in [-0.3, -0.25) is 4.99 Å². The van der Waals surface area contributed by atoms with Crippen LogP contribution in [0.2, 0.25) is 0 Å². The first kappa shape index (κ1) is 23.2. The summed E-state index contributed by atoms with van der Waals surface area (Å²) in [4.78, 5) is 9.04. The molecule has 0 atom stereocenters. The van der Waals surface area contributed by atoms with Crippen molar-refractivity contribution in [3.8, 4) is 5.75 Å². The third-order valence-corrected chi connectivity index (χ3v) is 5.53. The third kappa shape index (κ3) is 7.66. The van der Waals surface area contributed by atoms with Gasteiger partial charge in [-0.15, -0.1) is 11.3 Å². The van der Waals surface area contributed by atoms with Gasteiger partial charge >= 0.3 is 0 Å². The van der Waals surface area contributed by atoms with Gasteiger partial charge in [0.05, 0.1) is 23.9 Å². The second-order valence-electron chi connectivity index (χ2n) is 7.83. The van der Waals surface area contributed by atoms with Crippen molar-refractivity contribution in [1.29, 1.82) is 0 Å². The van der Waals surface area contributed by atoms with Crippen LogP contribution in [0.25, 0.3) is 0 Å². The fourth-order valence-corrected chi connectivity index (χ4v) is 3.51. The van der Waals surface area contributed by atoms with Crippen LogP contribution in [-0.2, 0) is 23.2 Å². The highest BCUT2D eigenvalue weighted by molar-refractivity contribution is 7.09. The van der Waals surface area contributed by atoms with Crippen LogP contribution >= 0.6 is 11.3 Å². The number of ether oxygens (including phenoxy) is 2. The molecule has 29 heavy (non-hydrogen) atoms. The van der Waals surface area contributed by atoms with Crippen molar-refractivity contribution in [3.63, 3.8) is 0 Å². The number of hydrogen-bond donors (Lipinski definition) is 2. The number of rotatable bonds is 9. The monoisotopic (exact) mass is 418 g/mol. The molecule has 7 heteroatoms. The maximum atomic E-state index is 5.92. The molecule has 0 saturated heterocycles. The Bertz CT molecular complexity index is 796. The SMILES string of the molecule is CCOCCOc1cc(C)ccc1CNC(=NC)NCc1csc(C(C)(C)C)n1. The molecule has 0 aliphatic heterocycles. The highest BCUT2D eigenvalue weighted by atomic mass is 32.1. The summed E-state index contributed by atoms with van der Waals surface area (Å²) in [6, 6.07) is 6.23. The van der Waals surface area contributed by atoms with E-state index in [4.69, 9.17) is 14.5 Å². The molecule has 2 N–H and O–H groups in total. The van der Waals surface area contributed by atoms with Crippen molar-refractivity contribution in [3.05, 3.63) is 45.4 Å². The molecule has 0 bridgehead atoms. The molecule has 2 rings (SSSR count). The summed E-state index contributed by atoms with van der Waals surface area (Å²) in [5.41, 5.74) is 3.35. The number of aromatic nitrogens is 1. The van der Waals surface area contributed by atoms with Crippen LogP contribution in [0.3, 0.4) is 0 Å². The first-order valence-electron chi connectivity index (χ1n) is 10.0. The van der Waals surface area contributed by atoms with Crippen LogP contribution in [0.4, 0.5) is 0 Å². The number of guanidine groups is 1. The highest BCUT2D eigenvalue weighted by Gasteiger charge is 2.18. The summed E-state index contributed by atoms with van der Waals surface area (Å²) in [5, 5.41) is 9.94. The van der Waals surface area contributed by atoms with E-state index in [0.717, 1.165) is 28.0 Å². The van der Waals surface area contributed by atoms with E-state index < -0.39 is 0 Å². The molecular weight excluding hydrogens is 384 g/mol. The van der Waals surface area contributed by atoms with Gasteiger partial charge in [-0.1, -0.05) is 32.9 Å². The summed E-state index contributed by atoms with van der Waals surface area (Å²) >= 11 is 1.70. The van der Waals surface area contributed by atoms with Gasteiger partial charge in [-0.2, -0.15) is 0 Å². The van der Waals surface area contributed by atoms with Crippen LogP contribution in [0.5, 0.6) is 5.75 Å². The molecule has 0 aliphatic carbocycles. The van der Waals surface area contributed by atoms with E-state index in [-0.39, 0.29) is 5.41 Å². The molecule has 1 heterocycles. The molecule has 1 aromatic carbocycles. The first-order chi connectivity index (χ1) is 13.8. The average molecular weight is 419 g/mol. The summed E-state index contributed by atoms with van der Waals surface area (Å²) in [7, 11) is 1.77. The van der Waals surface area contributed by atoms with E-state index in [2.05, 4.69) is 66.9 Å². The Kier molecular flexibility index (Phi) is 8.92. The zero-order valence-electron chi connectivity index (χ0n) is 18.5. The van der Waals surface area contributed by atoms with E-state index in [9.17, 15) is 0 Å². The Morgan fingerprint density at radius 3 is 2.59 bits per heavy atom. The van der Waals surface area contributed by atoms with Crippen LogP contribution in [0.15, 0.2) is 28.6 Å². The number of hydrogen-bond acceptors (Lipinski definition) is 5. The van der Waals surface area contributed by atoms with Crippen molar-refractivity contribution < 1.29 is 9.47 Å². The van der Waals surface area contributed by atoms with E-state index in [1.54, 1.807) is 18.4 Å². The largest absolute Gasteiger partial charge is 0.491 e. The van der Waals surface area contributed by atoms with E-state index in [1.807, 2.05) is 6.92 Å². The Morgan fingerprint density at radius 2 is 1.93 bits per heavy atom. The van der Waals surface area contributed by atoms with Crippen LogP contribution in [0, 0.1) is 6.92 Å². The first-order valence-corrected chi connectivity index (χ1v) is 10.9. The quantitative estimate of drug-likeness (QED) is 0.366. The fourth-order valence-electron chi connectivity index (χ4n) is 2.60. The van der Waals surface area contributed by atoms with Crippen molar-refractivity contribution >= 4 is 17.3 Å². The van der Waals surface area contributed by atoms with Gasteiger partial charge in [0, 0.05) is 36.6 Å². The third-order valence-electron chi connectivity index (χ3n) is 4.21. The second-order valence-corrected chi connectivity index (χ2v) is 8.69. The van der Waals surface area contributed by atoms with E-state index >= 15 is 0 Å². The minimum atomic E-state index is 0.0762. The molecule has 0 amide bonds. The molecule has 0 spiro atoms. The van der Waals surface area contributed by atoms with Crippen LogP contribution in [0.1, 0.15) is 49.5 Å². The molecule has 0 unspecified atom stereocenters. The minimum absolute atomic E-state index is 0.0762. The zero-order chi connectivity index (χ0) is 21.3. The molecule has 0 fully saturated rings. The molecular formula is C22H34N4O2S. The molecule has 0 aliphatic rings. The van der Waals surface area contributed by atoms with Gasteiger partial charge in [-0.05, 0) is 25.5 Å². The normalized spacial score (nSPS) is 12.1. The number of benzene rings is 1. The van der Waals surface area contributed by atoms with Crippen LogP contribution in [-0.4, -0.2) is 37.8 Å². The molecule has 1 aromatic heterocycles. The van der Waals surface area contributed by atoms with E-state index in [0.29, 0.717) is 32.9 Å². The van der Waals surface area contributed by atoms with Crippen LogP contribution < -0.4 is 15.4 Å². The van der Waals surface area contributed by atoms with E-state index in [1.165, 1.54) is 5.56 Å². The summed E-state index contributed by atoms with van der Waals surface area (Å²) in [6.07, 6.45) is 0. The molecule has 0 radical (unpaired) electrons. The van der Waals surface area contributed by atoms with Gasteiger partial charge in [0.25, 0.3) is 0 Å². The van der Waals surface area contributed by atoms with Gasteiger partial charge < -0.3 is 20.1 Å². The predicted octanol–water partition coefficient (Wildman–Crippen LogP) is 4.03. The van der Waals surface area contributed by atoms with Gasteiger partial charge in [0.1, 0.15) is 12.4 Å². The lowest BCUT2D eigenvalue weighted by Gasteiger charge is -2.15. The van der Waals surface area contributed by atoms with Gasteiger partial charge in [-0.25, -0.2) is 4.98 Å². The smallest absolute Gasteiger partial charge is 0.191 e. The Labute approximate surface area is 178 Å². The summed E-state index contributed by atoms with van der Waals surface area (Å²) in [6.45, 7) is 13.7. The minimum Gasteiger partial charge on any atom is -0.491 e. The predicted molar refractivity (Wildman–Crippen MR) is 121 cm³/mol. The highest BCUT2D eigenvalue weighted by Crippen LogP contribution is 2.25. The zero-order valence-corrected chi connectivity index (χ0v) is 19.3. The lowest BCUT2D eigenvalue weighted by molar-refractivity contribution is 0.110. The molecule has 2 aromatic rings. The van der Waals surface area contributed by atoms with Crippen molar-refractivity contribution in [1.82, 2.24) is 15.6 Å². The maximum Gasteiger partial charge on any atom is 0.191 e. The van der Waals surface area contributed by atoms with Gasteiger partial charge in [0.15, 0.2) is 5.96 Å². The number of nitrogens with one attached hydrogen (secondary N) is 2. The topological polar surface area (TPSA) is 67.8 Å². The summed E-state index contributed by atoms with van der Waals surface area (Å²) in [5.74, 6) is 1.61. The van der Waals surface area contributed by atoms with Gasteiger partial charge in [0.2, 0.25) is 0 Å². The lowest BCUT2D eigenvalue weighted by Crippen LogP contribution is -2.36. The lowest BCUT2D eigenvalue weighted by atomic mass is 9.98. The Balaban J connectivity index is 1.91. The number of thiazole rings is 1. The molecule has 0 saturated carbocycles. The molecule has 6 nitrogen and oxygen atoms in total. The van der Waals surface area contributed by atoms with Crippen molar-refractivity contribution in [2.75, 3.05) is 26.9 Å². The summed E-state index contributed by atoms with van der Waals surface area (Å²) < 4.78 is 11.3. The number of aryl methyl sites for hydroxylation is 1. The molecule has 160 valence electrons. The average Bonchev–Trinajstić information content (AvgIpc) is 3.16.